The normalized spacial score (nSPS) is 20.5. The Hall–Kier alpha value is -2.87. The molecule has 3 heterocycles. The SMILES string of the molecule is CCC(=N)N1C(=N)C(C)(C)Nc2cc(F)c(CN3CCC(c4cccnc4)C3)c(F)c21. The number of aromatic nitrogens is 1. The lowest BCUT2D eigenvalue weighted by Crippen LogP contribution is -2.55. The first-order chi connectivity index (χ1) is 14.7. The van der Waals surface area contributed by atoms with Gasteiger partial charge in [-0.15, -0.1) is 0 Å². The monoisotopic (exact) mass is 426 g/mol. The highest BCUT2D eigenvalue weighted by Gasteiger charge is 2.40. The van der Waals surface area contributed by atoms with E-state index in [1.54, 1.807) is 27.0 Å². The maximum Gasteiger partial charge on any atom is 0.156 e. The van der Waals surface area contributed by atoms with E-state index >= 15 is 8.78 Å². The number of hydrogen-bond donors (Lipinski definition) is 3. The second kappa shape index (κ2) is 8.00. The molecule has 1 unspecified atom stereocenters. The van der Waals surface area contributed by atoms with Crippen molar-refractivity contribution in [3.63, 3.8) is 0 Å². The van der Waals surface area contributed by atoms with Gasteiger partial charge in [-0.05, 0) is 50.4 Å². The second-order valence-electron chi connectivity index (χ2n) is 8.79. The number of hydrogen-bond acceptors (Lipinski definition) is 5. The van der Waals surface area contributed by atoms with E-state index in [0.29, 0.717) is 13.0 Å². The number of likely N-dealkylation sites (tertiary alicyclic amines) is 1. The Labute approximate surface area is 181 Å². The summed E-state index contributed by atoms with van der Waals surface area (Å²) in [4.78, 5) is 7.54. The molecule has 2 aliphatic rings. The molecule has 0 spiro atoms. The lowest BCUT2D eigenvalue weighted by atomic mass is 9.95. The van der Waals surface area contributed by atoms with Crippen LogP contribution in [0.3, 0.4) is 0 Å². The fourth-order valence-corrected chi connectivity index (χ4v) is 4.41. The van der Waals surface area contributed by atoms with E-state index < -0.39 is 17.2 Å². The van der Waals surface area contributed by atoms with Crippen LogP contribution in [0.5, 0.6) is 0 Å². The molecule has 3 N–H and O–H groups in total. The Kier molecular flexibility index (Phi) is 5.51. The van der Waals surface area contributed by atoms with Crippen LogP contribution >= 0.6 is 0 Å². The fourth-order valence-electron chi connectivity index (χ4n) is 4.41. The van der Waals surface area contributed by atoms with Gasteiger partial charge in [-0.2, -0.15) is 0 Å². The molecule has 2 aromatic rings. The Morgan fingerprint density at radius 1 is 1.35 bits per heavy atom. The molecular formula is C23H28F2N6. The van der Waals surface area contributed by atoms with Crippen LogP contribution in [0.2, 0.25) is 0 Å². The summed E-state index contributed by atoms with van der Waals surface area (Å²) in [6, 6.07) is 5.24. The highest BCUT2D eigenvalue weighted by atomic mass is 19.1. The van der Waals surface area contributed by atoms with Gasteiger partial charge in [-0.25, -0.2) is 8.78 Å². The van der Waals surface area contributed by atoms with Crippen molar-refractivity contribution >= 4 is 23.0 Å². The molecule has 0 saturated carbocycles. The van der Waals surface area contributed by atoms with Crippen molar-refractivity contribution < 1.29 is 8.78 Å². The van der Waals surface area contributed by atoms with Crippen LogP contribution in [0, 0.1) is 22.5 Å². The molecule has 1 atom stereocenters. The van der Waals surface area contributed by atoms with Gasteiger partial charge in [-0.3, -0.25) is 25.6 Å². The smallest absolute Gasteiger partial charge is 0.156 e. The highest BCUT2D eigenvalue weighted by molar-refractivity contribution is 6.24. The molecule has 8 heteroatoms. The first kappa shape index (κ1) is 21.4. The lowest BCUT2D eigenvalue weighted by molar-refractivity contribution is 0.314. The van der Waals surface area contributed by atoms with Gasteiger partial charge in [0.1, 0.15) is 23.2 Å². The Morgan fingerprint density at radius 2 is 2.13 bits per heavy atom. The number of rotatable bonds is 4. The zero-order valence-electron chi connectivity index (χ0n) is 18.1. The van der Waals surface area contributed by atoms with Gasteiger partial charge in [0.25, 0.3) is 0 Å². The van der Waals surface area contributed by atoms with Crippen molar-refractivity contribution in [3.8, 4) is 0 Å². The van der Waals surface area contributed by atoms with E-state index in [-0.39, 0.29) is 41.1 Å². The Morgan fingerprint density at radius 3 is 2.81 bits per heavy atom. The second-order valence-corrected chi connectivity index (χ2v) is 8.79. The van der Waals surface area contributed by atoms with Crippen molar-refractivity contribution in [1.82, 2.24) is 9.88 Å². The predicted molar refractivity (Wildman–Crippen MR) is 119 cm³/mol. The number of anilines is 2. The maximum absolute atomic E-state index is 15.7. The molecule has 164 valence electrons. The number of benzene rings is 1. The topological polar surface area (TPSA) is 79.1 Å². The summed E-state index contributed by atoms with van der Waals surface area (Å²) in [5, 5.41) is 19.9. The number of fused-ring (bicyclic) bond motifs is 1. The largest absolute Gasteiger partial charge is 0.371 e. The third kappa shape index (κ3) is 3.80. The number of nitrogens with one attached hydrogen (secondary N) is 3. The minimum atomic E-state index is -0.846. The summed E-state index contributed by atoms with van der Waals surface area (Å²) in [5.41, 5.74) is 0.608. The molecule has 0 bridgehead atoms. The zero-order valence-corrected chi connectivity index (χ0v) is 18.1. The van der Waals surface area contributed by atoms with E-state index in [2.05, 4.69) is 10.3 Å². The van der Waals surface area contributed by atoms with Gasteiger partial charge < -0.3 is 5.32 Å². The van der Waals surface area contributed by atoms with Crippen LogP contribution in [0.1, 0.15) is 50.7 Å². The first-order valence-electron chi connectivity index (χ1n) is 10.6. The van der Waals surface area contributed by atoms with Crippen LogP contribution in [0.25, 0.3) is 0 Å². The van der Waals surface area contributed by atoms with E-state index in [1.165, 1.54) is 11.0 Å². The van der Waals surface area contributed by atoms with Crippen molar-refractivity contribution in [2.75, 3.05) is 23.3 Å². The Balaban J connectivity index is 1.66. The van der Waals surface area contributed by atoms with E-state index in [0.717, 1.165) is 18.5 Å². The quantitative estimate of drug-likeness (QED) is 0.488. The average molecular weight is 427 g/mol. The van der Waals surface area contributed by atoms with Gasteiger partial charge in [0.05, 0.1) is 11.2 Å². The molecule has 0 aliphatic carbocycles. The van der Waals surface area contributed by atoms with Crippen LogP contribution in [0.15, 0.2) is 30.6 Å². The molecule has 0 radical (unpaired) electrons. The average Bonchev–Trinajstić information content (AvgIpc) is 3.21. The van der Waals surface area contributed by atoms with E-state index in [4.69, 9.17) is 10.8 Å². The first-order valence-corrected chi connectivity index (χ1v) is 10.6. The highest BCUT2D eigenvalue weighted by Crippen LogP contribution is 2.41. The van der Waals surface area contributed by atoms with Crippen molar-refractivity contribution in [1.29, 1.82) is 10.8 Å². The summed E-state index contributed by atoms with van der Waals surface area (Å²) in [5.74, 6) is -0.847. The summed E-state index contributed by atoms with van der Waals surface area (Å²) in [7, 11) is 0. The van der Waals surface area contributed by atoms with Crippen molar-refractivity contribution in [2.24, 2.45) is 0 Å². The van der Waals surface area contributed by atoms with Crippen LogP contribution < -0.4 is 10.2 Å². The summed E-state index contributed by atoms with van der Waals surface area (Å²) < 4.78 is 30.7. The van der Waals surface area contributed by atoms with Crippen LogP contribution in [-0.4, -0.2) is 40.2 Å². The minimum Gasteiger partial charge on any atom is -0.371 e. The van der Waals surface area contributed by atoms with Crippen LogP contribution in [-0.2, 0) is 6.54 Å². The molecule has 4 rings (SSSR count). The number of amidine groups is 2. The van der Waals surface area contributed by atoms with Gasteiger partial charge in [-0.1, -0.05) is 13.0 Å². The number of pyridine rings is 1. The minimum absolute atomic E-state index is 0.0196. The van der Waals surface area contributed by atoms with Crippen LogP contribution in [0.4, 0.5) is 20.2 Å². The summed E-state index contributed by atoms with van der Waals surface area (Å²) in [6.45, 7) is 6.91. The fraction of sp³-hybridized carbons (Fsp3) is 0.435. The Bertz CT molecular complexity index is 1020. The number of nitrogens with zero attached hydrogens (tertiary/aromatic N) is 3. The predicted octanol–water partition coefficient (Wildman–Crippen LogP) is 4.72. The zero-order chi connectivity index (χ0) is 22.3. The number of halogens is 2. The van der Waals surface area contributed by atoms with Crippen molar-refractivity contribution in [3.05, 3.63) is 53.4 Å². The van der Waals surface area contributed by atoms with Gasteiger partial charge in [0.2, 0.25) is 0 Å². The van der Waals surface area contributed by atoms with E-state index in [1.807, 2.05) is 23.2 Å². The molecule has 2 aliphatic heterocycles. The molecule has 1 saturated heterocycles. The molecule has 6 nitrogen and oxygen atoms in total. The lowest BCUT2D eigenvalue weighted by Gasteiger charge is -2.42. The standard InChI is InChI=1S/C23H28F2N6/c1-4-19(26)31-21-18(29-23(2,3)22(31)27)10-17(24)16(20(21)25)13-30-9-7-15(12-30)14-6-5-8-28-11-14/h5-6,8,10-11,15,26-27,29H,4,7,9,12-13H2,1-3H3. The molecule has 1 aromatic carbocycles. The molecular weight excluding hydrogens is 398 g/mol. The molecule has 1 aromatic heterocycles. The van der Waals surface area contributed by atoms with Gasteiger partial charge in [0.15, 0.2) is 5.82 Å². The maximum atomic E-state index is 15.7. The van der Waals surface area contributed by atoms with Crippen molar-refractivity contribution in [2.45, 2.75) is 51.6 Å². The third-order valence-corrected chi connectivity index (χ3v) is 6.19. The molecule has 1 fully saturated rings. The van der Waals surface area contributed by atoms with Gasteiger partial charge >= 0.3 is 0 Å². The third-order valence-electron chi connectivity index (χ3n) is 6.19. The summed E-state index contributed by atoms with van der Waals surface area (Å²) >= 11 is 0. The molecule has 31 heavy (non-hydrogen) atoms. The van der Waals surface area contributed by atoms with Gasteiger partial charge in [0, 0.05) is 37.5 Å². The van der Waals surface area contributed by atoms with E-state index in [9.17, 15) is 0 Å². The molecule has 0 amide bonds. The summed E-state index contributed by atoms with van der Waals surface area (Å²) in [6.07, 6.45) is 4.83.